The molecule has 6 nitrogen and oxygen atoms in total. The van der Waals surface area contributed by atoms with Gasteiger partial charge in [-0.25, -0.2) is 0 Å². The molecule has 0 aliphatic carbocycles. The van der Waals surface area contributed by atoms with Gasteiger partial charge in [0.05, 0.1) is 0 Å². The summed E-state index contributed by atoms with van der Waals surface area (Å²) in [5.41, 5.74) is 7.96. The number of carbonyl (C=O) groups excluding carboxylic acids is 2. The van der Waals surface area contributed by atoms with Crippen LogP contribution in [0, 0.1) is 0 Å². The van der Waals surface area contributed by atoms with Gasteiger partial charge in [-0.15, -0.1) is 0 Å². The molecule has 0 saturated heterocycles. The molecule has 0 saturated carbocycles. The Hall–Kier alpha value is -2.93. The summed E-state index contributed by atoms with van der Waals surface area (Å²) in [5, 5.41) is 6.05. The lowest BCUT2D eigenvalue weighted by Crippen LogP contribution is -2.46. The molecule has 0 fully saturated rings. The molecule has 2 aromatic carbocycles. The van der Waals surface area contributed by atoms with Crippen LogP contribution in [-0.2, 0) is 5.41 Å². The standard InChI is InChI=1S/C21H26N4O2S/c1-5-22-20(28)25-24-19(27)15-8-12-17(13-9-15)23-18(26)14-6-10-16(11-7-14)21(2,3)4/h6-13H,5H2,1-4H3,(H,23,26)(H,24,27)(H2,22,25,28). The molecule has 0 bridgehead atoms. The van der Waals surface area contributed by atoms with E-state index >= 15 is 0 Å². The first-order valence-corrected chi connectivity index (χ1v) is 9.47. The zero-order chi connectivity index (χ0) is 20.7. The number of amides is 2. The minimum Gasteiger partial charge on any atom is -0.362 e. The smallest absolute Gasteiger partial charge is 0.269 e. The van der Waals surface area contributed by atoms with Crippen molar-refractivity contribution in [3.8, 4) is 0 Å². The van der Waals surface area contributed by atoms with Crippen LogP contribution in [0.5, 0.6) is 0 Å². The highest BCUT2D eigenvalue weighted by Crippen LogP contribution is 2.22. The van der Waals surface area contributed by atoms with Gasteiger partial charge in [0.1, 0.15) is 0 Å². The summed E-state index contributed by atoms with van der Waals surface area (Å²) in [4.78, 5) is 24.5. The fraction of sp³-hybridized carbons (Fsp3) is 0.286. The summed E-state index contributed by atoms with van der Waals surface area (Å²) in [7, 11) is 0. The molecule has 0 radical (unpaired) electrons. The SMILES string of the molecule is CCNC(=S)NNC(=O)c1ccc(NC(=O)c2ccc(C(C)(C)C)cc2)cc1. The summed E-state index contributed by atoms with van der Waals surface area (Å²) >= 11 is 4.98. The van der Waals surface area contributed by atoms with E-state index in [9.17, 15) is 9.59 Å². The summed E-state index contributed by atoms with van der Waals surface area (Å²) in [6, 6.07) is 14.2. The second-order valence-corrected chi connectivity index (χ2v) is 7.71. The highest BCUT2D eigenvalue weighted by atomic mass is 32.1. The van der Waals surface area contributed by atoms with Crippen molar-refractivity contribution in [2.75, 3.05) is 11.9 Å². The number of hydrogen-bond acceptors (Lipinski definition) is 3. The summed E-state index contributed by atoms with van der Waals surface area (Å²) in [5.74, 6) is -0.522. The molecule has 0 atom stereocenters. The normalized spacial score (nSPS) is 10.7. The van der Waals surface area contributed by atoms with Crippen LogP contribution in [0.15, 0.2) is 48.5 Å². The van der Waals surface area contributed by atoms with E-state index < -0.39 is 0 Å². The Morgan fingerprint density at radius 2 is 1.39 bits per heavy atom. The van der Waals surface area contributed by atoms with Crippen molar-refractivity contribution in [1.82, 2.24) is 16.2 Å². The number of hydrogen-bond donors (Lipinski definition) is 4. The van der Waals surface area contributed by atoms with Crippen LogP contribution in [0.1, 0.15) is 54.0 Å². The van der Waals surface area contributed by atoms with Gasteiger partial charge in [-0.2, -0.15) is 0 Å². The molecular formula is C21H26N4O2S. The van der Waals surface area contributed by atoms with Gasteiger partial charge in [0.15, 0.2) is 5.11 Å². The number of carbonyl (C=O) groups is 2. The topological polar surface area (TPSA) is 82.3 Å². The zero-order valence-electron chi connectivity index (χ0n) is 16.6. The number of thiocarbonyl (C=S) groups is 1. The first kappa shape index (κ1) is 21.4. The molecule has 0 spiro atoms. The maximum absolute atomic E-state index is 12.4. The molecule has 148 valence electrons. The Labute approximate surface area is 171 Å². The van der Waals surface area contributed by atoms with Crippen molar-refractivity contribution in [2.45, 2.75) is 33.1 Å². The van der Waals surface area contributed by atoms with E-state index in [1.165, 1.54) is 5.56 Å². The first-order valence-electron chi connectivity index (χ1n) is 9.07. The molecular weight excluding hydrogens is 372 g/mol. The average molecular weight is 399 g/mol. The highest BCUT2D eigenvalue weighted by Gasteiger charge is 2.14. The fourth-order valence-corrected chi connectivity index (χ4v) is 2.62. The van der Waals surface area contributed by atoms with Gasteiger partial charge < -0.3 is 10.6 Å². The zero-order valence-corrected chi connectivity index (χ0v) is 17.4. The number of anilines is 1. The fourth-order valence-electron chi connectivity index (χ4n) is 2.42. The molecule has 28 heavy (non-hydrogen) atoms. The molecule has 0 aliphatic heterocycles. The second kappa shape index (κ2) is 9.32. The molecule has 2 amide bonds. The molecule has 0 aromatic heterocycles. The van der Waals surface area contributed by atoms with Crippen molar-refractivity contribution < 1.29 is 9.59 Å². The third-order valence-electron chi connectivity index (χ3n) is 4.04. The van der Waals surface area contributed by atoms with Crippen molar-refractivity contribution in [1.29, 1.82) is 0 Å². The van der Waals surface area contributed by atoms with Gasteiger partial charge in [-0.3, -0.25) is 20.4 Å². The number of rotatable bonds is 4. The predicted octanol–water partition coefficient (Wildman–Crippen LogP) is 3.37. The Morgan fingerprint density at radius 3 is 1.93 bits per heavy atom. The van der Waals surface area contributed by atoms with Crippen molar-refractivity contribution in [3.63, 3.8) is 0 Å². The van der Waals surface area contributed by atoms with E-state index in [4.69, 9.17) is 12.2 Å². The van der Waals surface area contributed by atoms with E-state index in [0.29, 0.717) is 28.5 Å². The van der Waals surface area contributed by atoms with Crippen molar-refractivity contribution in [3.05, 3.63) is 65.2 Å². The molecule has 0 aliphatic rings. The average Bonchev–Trinajstić information content (AvgIpc) is 2.66. The molecule has 0 heterocycles. The predicted molar refractivity (Wildman–Crippen MR) is 116 cm³/mol. The van der Waals surface area contributed by atoms with Gasteiger partial charge >= 0.3 is 0 Å². The van der Waals surface area contributed by atoms with Crippen molar-refractivity contribution in [2.24, 2.45) is 0 Å². The lowest BCUT2D eigenvalue weighted by Gasteiger charge is -2.19. The van der Waals surface area contributed by atoms with Crippen LogP contribution in [0.4, 0.5) is 5.69 Å². The molecule has 2 rings (SSSR count). The van der Waals surface area contributed by atoms with E-state index in [0.717, 1.165) is 0 Å². The highest BCUT2D eigenvalue weighted by molar-refractivity contribution is 7.80. The maximum Gasteiger partial charge on any atom is 0.269 e. The number of nitrogens with one attached hydrogen (secondary N) is 4. The van der Waals surface area contributed by atoms with Gasteiger partial charge in [0.2, 0.25) is 0 Å². The Morgan fingerprint density at radius 1 is 0.857 bits per heavy atom. The second-order valence-electron chi connectivity index (χ2n) is 7.30. The van der Waals surface area contributed by atoms with E-state index in [-0.39, 0.29) is 17.2 Å². The Balaban J connectivity index is 1.95. The van der Waals surface area contributed by atoms with Crippen LogP contribution >= 0.6 is 12.2 Å². The summed E-state index contributed by atoms with van der Waals surface area (Å²) in [6.07, 6.45) is 0. The van der Waals surface area contributed by atoms with Gasteiger partial charge in [-0.1, -0.05) is 32.9 Å². The summed E-state index contributed by atoms with van der Waals surface area (Å²) < 4.78 is 0. The van der Waals surface area contributed by atoms with Gasteiger partial charge in [0.25, 0.3) is 11.8 Å². The lowest BCUT2D eigenvalue weighted by molar-refractivity contribution is 0.0943. The number of hydrazine groups is 1. The third kappa shape index (κ3) is 6.06. The van der Waals surface area contributed by atoms with Crippen LogP contribution in [0.25, 0.3) is 0 Å². The van der Waals surface area contributed by atoms with Crippen molar-refractivity contribution >= 4 is 34.8 Å². The molecule has 7 heteroatoms. The molecule has 4 N–H and O–H groups in total. The molecule has 2 aromatic rings. The van der Waals surface area contributed by atoms with Gasteiger partial charge in [-0.05, 0) is 66.5 Å². The van der Waals surface area contributed by atoms with E-state index in [1.807, 2.05) is 31.2 Å². The van der Waals surface area contributed by atoms with Crippen LogP contribution < -0.4 is 21.5 Å². The largest absolute Gasteiger partial charge is 0.362 e. The van der Waals surface area contributed by atoms with Crippen LogP contribution in [0.3, 0.4) is 0 Å². The maximum atomic E-state index is 12.4. The number of benzene rings is 2. The van der Waals surface area contributed by atoms with Crippen LogP contribution in [-0.4, -0.2) is 23.5 Å². The first-order chi connectivity index (χ1) is 13.2. The quantitative estimate of drug-likeness (QED) is 0.469. The Bertz CT molecular complexity index is 840. The summed E-state index contributed by atoms with van der Waals surface area (Å²) in [6.45, 7) is 8.95. The van der Waals surface area contributed by atoms with Gasteiger partial charge in [0, 0.05) is 23.4 Å². The Kier molecular flexibility index (Phi) is 7.12. The minimum absolute atomic E-state index is 0.0383. The minimum atomic E-state index is -0.323. The van der Waals surface area contributed by atoms with E-state index in [1.54, 1.807) is 24.3 Å². The molecule has 0 unspecified atom stereocenters. The monoisotopic (exact) mass is 398 g/mol. The third-order valence-corrected chi connectivity index (χ3v) is 4.29. The van der Waals surface area contributed by atoms with E-state index in [2.05, 4.69) is 42.3 Å². The van der Waals surface area contributed by atoms with Crippen LogP contribution in [0.2, 0.25) is 0 Å². The lowest BCUT2D eigenvalue weighted by atomic mass is 9.87.